The van der Waals surface area contributed by atoms with Crippen LogP contribution < -0.4 is 21.9 Å². The van der Waals surface area contributed by atoms with E-state index in [-0.39, 0.29) is 42.7 Å². The number of hydrogen-bond donors (Lipinski definition) is 1. The van der Waals surface area contributed by atoms with E-state index in [1.165, 1.54) is 0 Å². The minimum absolute atomic E-state index is 0. The number of aliphatic hydroxyl groups is 1. The fraction of sp³-hybridized carbons (Fsp3) is 0.326. The van der Waals surface area contributed by atoms with Crippen LogP contribution in [0.15, 0.2) is 122 Å². The average molecular weight is 796 g/mol. The van der Waals surface area contributed by atoms with Gasteiger partial charge in [0.2, 0.25) is 0 Å². The molecule has 0 aliphatic rings. The van der Waals surface area contributed by atoms with Crippen molar-refractivity contribution in [3.63, 3.8) is 0 Å². The Morgan fingerprint density at radius 3 is 1.38 bits per heavy atom. The number of esters is 1. The quantitative estimate of drug-likeness (QED) is 0.0385. The van der Waals surface area contributed by atoms with Crippen LogP contribution in [0.5, 0.6) is 11.5 Å². The molecule has 0 saturated carbocycles. The monoisotopic (exact) mass is 795 g/mol. The smallest absolute Gasteiger partial charge is 0.330 e. The molecule has 4 aromatic rings. The Balaban J connectivity index is 0.000000562. The van der Waals surface area contributed by atoms with Gasteiger partial charge in [-0.2, -0.15) is 0 Å². The van der Waals surface area contributed by atoms with Crippen molar-refractivity contribution in [3.8, 4) is 11.5 Å². The number of quaternary nitrogens is 1. The van der Waals surface area contributed by atoms with Crippen LogP contribution in [0.3, 0.4) is 0 Å². The van der Waals surface area contributed by atoms with E-state index >= 15 is 0 Å². The summed E-state index contributed by atoms with van der Waals surface area (Å²) < 4.78 is 32.7. The van der Waals surface area contributed by atoms with Gasteiger partial charge in [-0.25, -0.2) is 4.79 Å². The molecule has 0 spiro atoms. The number of carbonyl (C=O) groups excluding carboxylic acids is 3. The molecule has 0 saturated heterocycles. The lowest BCUT2D eigenvalue weighted by molar-refractivity contribution is -0.873. The summed E-state index contributed by atoms with van der Waals surface area (Å²) in [4.78, 5) is 35.5. The van der Waals surface area contributed by atoms with E-state index in [0.29, 0.717) is 91.0 Å². The lowest BCUT2D eigenvalue weighted by Crippen LogP contribution is -3.00. The van der Waals surface area contributed by atoms with E-state index in [2.05, 4.69) is 6.58 Å². The highest BCUT2D eigenvalue weighted by Gasteiger charge is 2.16. The predicted octanol–water partition coefficient (Wildman–Crippen LogP) is 1.62. The Labute approximate surface area is 335 Å². The average Bonchev–Trinajstić information content (AvgIpc) is 3.19. The van der Waals surface area contributed by atoms with Crippen LogP contribution in [0.25, 0.3) is 0 Å². The number of rotatable bonds is 23. The first kappa shape index (κ1) is 49.1. The molecule has 0 fully saturated rings. The minimum atomic E-state index is -0.527. The largest absolute Gasteiger partial charge is 1.00 e. The van der Waals surface area contributed by atoms with Crippen LogP contribution in [0.2, 0.25) is 0 Å². The van der Waals surface area contributed by atoms with Crippen LogP contribution >= 0.6 is 0 Å². The fourth-order valence-electron chi connectivity index (χ4n) is 4.82. The van der Waals surface area contributed by atoms with E-state index in [9.17, 15) is 19.5 Å². The van der Waals surface area contributed by atoms with E-state index in [1.807, 2.05) is 57.5 Å². The maximum atomic E-state index is 12.4. The van der Waals surface area contributed by atoms with Crippen LogP contribution in [0.4, 0.5) is 0 Å². The molecule has 3 N–H and O–H groups in total. The second-order valence-electron chi connectivity index (χ2n) is 12.9. The van der Waals surface area contributed by atoms with Gasteiger partial charge < -0.3 is 55.9 Å². The molecule has 4 rings (SSSR count). The molecule has 0 bridgehead atoms. The molecule has 56 heavy (non-hydrogen) atoms. The Morgan fingerprint density at radius 1 is 0.589 bits per heavy atom. The van der Waals surface area contributed by atoms with Crippen LogP contribution in [-0.4, -0.2) is 126 Å². The lowest BCUT2D eigenvalue weighted by atomic mass is 10.0. The third-order valence-electron chi connectivity index (χ3n) is 7.38. The van der Waals surface area contributed by atoms with Gasteiger partial charge in [0.15, 0.2) is 11.6 Å². The zero-order chi connectivity index (χ0) is 39.0. The molecule has 12 nitrogen and oxygen atoms in total. The fourth-order valence-corrected chi connectivity index (χ4v) is 4.82. The van der Waals surface area contributed by atoms with Gasteiger partial charge in [0.1, 0.15) is 44.0 Å². The van der Waals surface area contributed by atoms with Gasteiger partial charge in [0.25, 0.3) is 0 Å². The molecular weight excluding hydrogens is 742 g/mol. The van der Waals surface area contributed by atoms with Gasteiger partial charge in [-0.1, -0.05) is 67.2 Å². The number of aliphatic hydroxyl groups excluding tert-OH is 1. The van der Waals surface area contributed by atoms with Gasteiger partial charge in [0.05, 0.1) is 60.8 Å². The van der Waals surface area contributed by atoms with Gasteiger partial charge in [-0.05, 0) is 48.5 Å². The van der Waals surface area contributed by atoms with Crippen molar-refractivity contribution in [3.05, 3.63) is 144 Å². The molecule has 1 atom stereocenters. The summed E-state index contributed by atoms with van der Waals surface area (Å²) in [5.74, 6) is 0.839. The van der Waals surface area contributed by atoms with E-state index in [0.717, 1.165) is 6.08 Å². The third-order valence-corrected chi connectivity index (χ3v) is 7.38. The first-order valence-corrected chi connectivity index (χ1v) is 17.7. The van der Waals surface area contributed by atoms with Gasteiger partial charge in [0, 0.05) is 28.3 Å². The number of ketones is 2. The molecular formula is C43H54ClNO11. The number of ether oxygens (including phenoxy) is 6. The molecule has 0 amide bonds. The Kier molecular flexibility index (Phi) is 24.2. The topological polar surface area (TPSA) is 158 Å². The first-order valence-electron chi connectivity index (χ1n) is 17.7. The summed E-state index contributed by atoms with van der Waals surface area (Å²) in [5, 5.41) is 9.94. The van der Waals surface area contributed by atoms with Crippen molar-refractivity contribution >= 4 is 17.5 Å². The molecule has 304 valence electrons. The normalized spacial score (nSPS) is 11.0. The summed E-state index contributed by atoms with van der Waals surface area (Å²) in [6, 6.07) is 32.4. The maximum Gasteiger partial charge on any atom is 0.330 e. The van der Waals surface area contributed by atoms with E-state index in [1.54, 1.807) is 72.8 Å². The number of hydrogen-bond acceptors (Lipinski definition) is 10. The molecule has 0 aliphatic heterocycles. The number of halogens is 1. The summed E-state index contributed by atoms with van der Waals surface area (Å²) in [6.45, 7) is 7.25. The molecule has 1 unspecified atom stereocenters. The molecule has 0 heterocycles. The van der Waals surface area contributed by atoms with Crippen LogP contribution in [0.1, 0.15) is 31.8 Å². The van der Waals surface area contributed by atoms with Crippen LogP contribution in [-0.2, 0) is 23.7 Å². The summed E-state index contributed by atoms with van der Waals surface area (Å²) in [6.07, 6.45) is 0.583. The standard InChI is InChI=1S/C24H28O7.C19H24NO3.ClH.H2O/c1-2-23(25)31-19-17-29-15-13-27-12-14-28-16-18-30-22-10-8-21(9-11-22)24(26)20-6-4-3-5-7-20;1-20(2,3)13-17(21)14-23-18-11-9-16(10-12-18)19(22)15-7-5-4-6-8-15;;/h2-11H,1,12-19H2;4-12,17,21H,13-14H2,1-3H3;1H;1H2/q;+1;;/p-1. The first-order chi connectivity index (χ1) is 26.1. The number of carbonyl (C=O) groups is 3. The molecule has 0 aliphatic carbocycles. The van der Waals surface area contributed by atoms with Crippen LogP contribution in [0, 0.1) is 0 Å². The highest BCUT2D eigenvalue weighted by molar-refractivity contribution is 6.09. The van der Waals surface area contributed by atoms with E-state index in [4.69, 9.17) is 28.4 Å². The van der Waals surface area contributed by atoms with Crippen molar-refractivity contribution in [1.82, 2.24) is 0 Å². The van der Waals surface area contributed by atoms with Crippen molar-refractivity contribution in [2.45, 2.75) is 6.10 Å². The van der Waals surface area contributed by atoms with Crippen molar-refractivity contribution in [1.29, 1.82) is 0 Å². The van der Waals surface area contributed by atoms with Crippen molar-refractivity contribution < 1.29 is 70.3 Å². The highest BCUT2D eigenvalue weighted by atomic mass is 35.5. The second kappa shape index (κ2) is 27.6. The maximum absolute atomic E-state index is 12.4. The summed E-state index contributed by atoms with van der Waals surface area (Å²) in [7, 11) is 6.06. The zero-order valence-corrected chi connectivity index (χ0v) is 33.0. The number of benzene rings is 4. The number of likely N-dealkylation sites (N-methyl/N-ethyl adjacent to an activating group) is 1. The van der Waals surface area contributed by atoms with Crippen molar-refractivity contribution in [2.24, 2.45) is 0 Å². The Hall–Kier alpha value is -4.92. The summed E-state index contributed by atoms with van der Waals surface area (Å²) >= 11 is 0. The highest BCUT2D eigenvalue weighted by Crippen LogP contribution is 2.17. The Morgan fingerprint density at radius 2 is 0.964 bits per heavy atom. The zero-order valence-electron chi connectivity index (χ0n) is 32.3. The molecule has 0 radical (unpaired) electrons. The van der Waals surface area contributed by atoms with Crippen molar-refractivity contribution in [2.75, 3.05) is 87.1 Å². The molecule has 0 aromatic heterocycles. The summed E-state index contributed by atoms with van der Waals surface area (Å²) in [5.41, 5.74) is 2.57. The predicted molar refractivity (Wildman–Crippen MR) is 210 cm³/mol. The van der Waals surface area contributed by atoms with Gasteiger partial charge >= 0.3 is 5.97 Å². The lowest BCUT2D eigenvalue weighted by Gasteiger charge is -2.26. The van der Waals surface area contributed by atoms with Gasteiger partial charge in [-0.3, -0.25) is 9.59 Å². The molecule has 4 aromatic carbocycles. The Bertz CT molecular complexity index is 1680. The number of nitrogens with zero attached hydrogens (tertiary/aromatic N) is 1. The SMILES string of the molecule is C=CC(=O)OCCOCCOCCOCCOc1ccc(C(=O)c2ccccc2)cc1.C[N+](C)(C)CC(O)COc1ccc(C(=O)c2ccccc2)cc1.O.[Cl-]. The molecule has 13 heteroatoms. The second-order valence-corrected chi connectivity index (χ2v) is 12.9. The van der Waals surface area contributed by atoms with E-state index < -0.39 is 12.1 Å². The minimum Gasteiger partial charge on any atom is -1.00 e. The van der Waals surface area contributed by atoms with Gasteiger partial charge in [-0.15, -0.1) is 0 Å². The third kappa shape index (κ3) is 20.1.